The topological polar surface area (TPSA) is 154 Å². The van der Waals surface area contributed by atoms with Crippen LogP contribution in [0.4, 0.5) is 11.5 Å². The van der Waals surface area contributed by atoms with Gasteiger partial charge >= 0.3 is 0 Å². The van der Waals surface area contributed by atoms with Crippen LogP contribution in [0.1, 0.15) is 16.7 Å². The largest absolute Gasteiger partial charge is 0.493 e. The second kappa shape index (κ2) is 9.90. The first kappa shape index (κ1) is 23.4. The van der Waals surface area contributed by atoms with E-state index in [1.54, 1.807) is 6.07 Å². The van der Waals surface area contributed by atoms with Crippen LogP contribution < -0.4 is 26.1 Å². The highest BCUT2D eigenvalue weighted by Gasteiger charge is 2.22. The van der Waals surface area contributed by atoms with Crippen molar-refractivity contribution in [3.8, 4) is 34.8 Å². The number of pyridine rings is 1. The highest BCUT2D eigenvalue weighted by atomic mass is 79.9. The van der Waals surface area contributed by atoms with E-state index in [2.05, 4.69) is 26.2 Å². The number of para-hydroxylation sites is 1. The number of H-pyrrole nitrogens is 1. The van der Waals surface area contributed by atoms with Gasteiger partial charge in [-0.15, -0.1) is 0 Å². The van der Waals surface area contributed by atoms with Crippen LogP contribution in [-0.4, -0.2) is 24.6 Å². The number of amides is 1. The zero-order valence-corrected chi connectivity index (χ0v) is 19.2. The Hall–Kier alpha value is -4.28. The quantitative estimate of drug-likeness (QED) is 0.461. The van der Waals surface area contributed by atoms with E-state index in [4.69, 9.17) is 15.2 Å². The highest BCUT2D eigenvalue weighted by Crippen LogP contribution is 2.41. The second-order valence-corrected chi connectivity index (χ2v) is 7.71. The van der Waals surface area contributed by atoms with Crippen molar-refractivity contribution in [1.29, 1.82) is 10.5 Å². The molecule has 1 amide bonds. The van der Waals surface area contributed by atoms with Gasteiger partial charge in [-0.2, -0.15) is 10.5 Å². The van der Waals surface area contributed by atoms with E-state index in [-0.39, 0.29) is 46.5 Å². The van der Waals surface area contributed by atoms with E-state index in [1.165, 1.54) is 19.2 Å². The lowest BCUT2D eigenvalue weighted by atomic mass is 9.96. The number of aromatic amines is 1. The fourth-order valence-corrected chi connectivity index (χ4v) is 3.68. The molecule has 3 aromatic rings. The molecule has 0 saturated carbocycles. The van der Waals surface area contributed by atoms with Crippen molar-refractivity contribution < 1.29 is 14.3 Å². The number of nitrogens with two attached hydrogens (primary N) is 1. The molecule has 33 heavy (non-hydrogen) atoms. The summed E-state index contributed by atoms with van der Waals surface area (Å²) in [4.78, 5) is 26.9. The molecule has 4 N–H and O–H groups in total. The van der Waals surface area contributed by atoms with Gasteiger partial charge in [-0.25, -0.2) is 0 Å². The van der Waals surface area contributed by atoms with Gasteiger partial charge in [-0.05, 0) is 30.7 Å². The minimum Gasteiger partial charge on any atom is -0.493 e. The minimum absolute atomic E-state index is 0.0554. The zero-order valence-electron chi connectivity index (χ0n) is 17.7. The average molecular weight is 508 g/mol. The Bertz CT molecular complexity index is 1390. The number of carbonyl (C=O) groups excluding carboxylic acids is 1. The highest BCUT2D eigenvalue weighted by molar-refractivity contribution is 9.10. The number of aryl methyl sites for hydroxylation is 1. The summed E-state index contributed by atoms with van der Waals surface area (Å²) in [5, 5.41) is 21.8. The third kappa shape index (κ3) is 4.81. The molecule has 0 spiro atoms. The molecule has 0 bridgehead atoms. The standard InChI is InChI=1S/C23H18BrN5O4/c1-12-5-3-4-6-17(12)28-20(30)11-33-19-8-16(24)13(7-18(19)32-2)21-14(9-25)22(27)29-23(31)15(21)10-26/h3-8H,11H2,1-2H3,(H,28,30)(H3,27,29,31). The van der Waals surface area contributed by atoms with Gasteiger partial charge in [0.2, 0.25) is 0 Å². The Labute approximate surface area is 197 Å². The van der Waals surface area contributed by atoms with Crippen LogP contribution in [0, 0.1) is 29.6 Å². The normalized spacial score (nSPS) is 10.1. The number of hydrogen-bond donors (Lipinski definition) is 3. The Morgan fingerprint density at radius 1 is 1.18 bits per heavy atom. The average Bonchev–Trinajstić information content (AvgIpc) is 2.79. The number of ether oxygens (including phenoxy) is 2. The molecule has 0 atom stereocenters. The SMILES string of the molecule is COc1cc(-c2c(C#N)c(N)[nH]c(=O)c2C#N)c(Br)cc1OCC(=O)Nc1ccccc1C. The number of methoxy groups -OCH3 is 1. The Balaban J connectivity index is 1.96. The molecule has 9 nitrogen and oxygen atoms in total. The number of halogens is 1. The predicted octanol–water partition coefficient (Wildman–Crippen LogP) is 3.46. The van der Waals surface area contributed by atoms with Crippen LogP contribution in [0.3, 0.4) is 0 Å². The summed E-state index contributed by atoms with van der Waals surface area (Å²) >= 11 is 3.39. The van der Waals surface area contributed by atoms with Crippen LogP contribution in [-0.2, 0) is 4.79 Å². The van der Waals surface area contributed by atoms with E-state index < -0.39 is 5.56 Å². The van der Waals surface area contributed by atoms with Gasteiger partial charge in [0.05, 0.1) is 7.11 Å². The molecule has 0 aliphatic rings. The van der Waals surface area contributed by atoms with Gasteiger partial charge in [-0.1, -0.05) is 34.1 Å². The summed E-state index contributed by atoms with van der Waals surface area (Å²) in [6, 6.07) is 14.1. The summed E-state index contributed by atoms with van der Waals surface area (Å²) < 4.78 is 11.4. The fraction of sp³-hybridized carbons (Fsp3) is 0.130. The van der Waals surface area contributed by atoms with E-state index in [1.807, 2.05) is 37.3 Å². The number of hydrogen-bond acceptors (Lipinski definition) is 7. The summed E-state index contributed by atoms with van der Waals surface area (Å²) in [5.74, 6) is -0.0607. The van der Waals surface area contributed by atoms with Crippen molar-refractivity contribution in [2.45, 2.75) is 6.92 Å². The van der Waals surface area contributed by atoms with Gasteiger partial charge in [-0.3, -0.25) is 9.59 Å². The number of anilines is 2. The first-order chi connectivity index (χ1) is 15.8. The molecule has 10 heteroatoms. The minimum atomic E-state index is -0.719. The monoisotopic (exact) mass is 507 g/mol. The van der Waals surface area contributed by atoms with Crippen LogP contribution in [0.5, 0.6) is 11.5 Å². The molecule has 0 saturated heterocycles. The first-order valence-electron chi connectivity index (χ1n) is 9.52. The van der Waals surface area contributed by atoms with Crippen LogP contribution in [0.25, 0.3) is 11.1 Å². The van der Waals surface area contributed by atoms with Gasteiger partial charge in [0, 0.05) is 21.3 Å². The summed E-state index contributed by atoms with van der Waals surface area (Å²) in [6.45, 7) is 1.59. The molecule has 0 aliphatic heterocycles. The smallest absolute Gasteiger partial charge is 0.268 e. The first-order valence-corrected chi connectivity index (χ1v) is 10.3. The number of benzene rings is 2. The van der Waals surface area contributed by atoms with Gasteiger partial charge in [0.15, 0.2) is 18.1 Å². The third-order valence-corrected chi connectivity index (χ3v) is 5.42. The summed E-state index contributed by atoms with van der Waals surface area (Å²) in [7, 11) is 1.40. The number of nitrogens with one attached hydrogen (secondary N) is 2. The molecule has 0 aliphatic carbocycles. The summed E-state index contributed by atoms with van der Waals surface area (Å²) in [6.07, 6.45) is 0. The number of rotatable bonds is 6. The maximum atomic E-state index is 12.3. The van der Waals surface area contributed by atoms with Crippen molar-refractivity contribution in [2.24, 2.45) is 0 Å². The van der Waals surface area contributed by atoms with Gasteiger partial charge < -0.3 is 25.5 Å². The molecule has 3 rings (SSSR count). The van der Waals surface area contributed by atoms with E-state index >= 15 is 0 Å². The van der Waals surface area contributed by atoms with Crippen molar-refractivity contribution >= 4 is 33.3 Å². The molecule has 1 heterocycles. The molecule has 0 unspecified atom stereocenters. The van der Waals surface area contributed by atoms with Crippen molar-refractivity contribution in [1.82, 2.24) is 4.98 Å². The van der Waals surface area contributed by atoms with E-state index in [0.29, 0.717) is 15.7 Å². The molecule has 0 radical (unpaired) electrons. The maximum Gasteiger partial charge on any atom is 0.268 e. The van der Waals surface area contributed by atoms with E-state index in [9.17, 15) is 20.1 Å². The molecule has 0 fully saturated rings. The molecule has 1 aromatic heterocycles. The third-order valence-electron chi connectivity index (χ3n) is 4.77. The number of aromatic nitrogens is 1. The number of nitrogen functional groups attached to an aromatic ring is 1. The lowest BCUT2D eigenvalue weighted by Crippen LogP contribution is -2.20. The second-order valence-electron chi connectivity index (χ2n) is 6.85. The van der Waals surface area contributed by atoms with Crippen LogP contribution in [0.2, 0.25) is 0 Å². The Morgan fingerprint density at radius 3 is 2.52 bits per heavy atom. The van der Waals surface area contributed by atoms with Crippen molar-refractivity contribution in [3.63, 3.8) is 0 Å². The predicted molar refractivity (Wildman–Crippen MR) is 126 cm³/mol. The molecule has 166 valence electrons. The van der Waals surface area contributed by atoms with Crippen molar-refractivity contribution in [2.75, 3.05) is 24.8 Å². The Kier molecular flexibility index (Phi) is 7.01. The maximum absolute atomic E-state index is 12.3. The Morgan fingerprint density at radius 2 is 1.88 bits per heavy atom. The molecule has 2 aromatic carbocycles. The lowest BCUT2D eigenvalue weighted by Gasteiger charge is -2.16. The zero-order chi connectivity index (χ0) is 24.1. The van der Waals surface area contributed by atoms with Crippen molar-refractivity contribution in [3.05, 3.63) is 67.9 Å². The number of nitriles is 2. The van der Waals surface area contributed by atoms with E-state index in [0.717, 1.165) is 5.56 Å². The van der Waals surface area contributed by atoms with Gasteiger partial charge in [0.25, 0.3) is 11.5 Å². The summed E-state index contributed by atoms with van der Waals surface area (Å²) in [5.41, 5.74) is 6.73. The lowest BCUT2D eigenvalue weighted by molar-refractivity contribution is -0.118. The van der Waals surface area contributed by atoms with Crippen LogP contribution in [0.15, 0.2) is 45.7 Å². The molecular formula is C23H18BrN5O4. The van der Waals surface area contributed by atoms with Crippen LogP contribution >= 0.6 is 15.9 Å². The number of carbonyl (C=O) groups is 1. The fourth-order valence-electron chi connectivity index (χ4n) is 3.15. The molecular weight excluding hydrogens is 490 g/mol. The van der Waals surface area contributed by atoms with Gasteiger partial charge in [0.1, 0.15) is 29.1 Å². The number of nitrogens with zero attached hydrogens (tertiary/aromatic N) is 2.